The Kier molecular flexibility index (Phi) is 15.5. The zero-order valence-electron chi connectivity index (χ0n) is 13.8. The Bertz CT molecular complexity index is 300. The highest BCUT2D eigenvalue weighted by atomic mass is 79.9. The molecule has 0 saturated carbocycles. The lowest BCUT2D eigenvalue weighted by Gasteiger charge is -2.06. The molecule has 0 bridgehead atoms. The molecule has 0 heterocycles. The van der Waals surface area contributed by atoms with Gasteiger partial charge < -0.3 is 5.32 Å². The molecular weight excluding hydrogens is 322 g/mol. The largest absolute Gasteiger partial charge is 0.385 e. The predicted octanol–water partition coefficient (Wildman–Crippen LogP) is 6.99. The van der Waals surface area contributed by atoms with Crippen molar-refractivity contribution in [2.45, 2.75) is 77.6 Å². The number of para-hydroxylation sites is 1. The standard InChI is InChI=1S/C19H33N.BrH/c1-2-3-4-5-6-7-8-9-10-11-15-18-20-19-16-13-12-14-17-19;/h12-14,16-17,20H,2-11,15,18H2,1H3;1H. The van der Waals surface area contributed by atoms with E-state index in [4.69, 9.17) is 0 Å². The number of unbranched alkanes of at least 4 members (excludes halogenated alkanes) is 10. The van der Waals surface area contributed by atoms with Crippen LogP contribution in [0.3, 0.4) is 0 Å². The van der Waals surface area contributed by atoms with Crippen molar-refractivity contribution in [3.63, 3.8) is 0 Å². The third kappa shape index (κ3) is 12.9. The van der Waals surface area contributed by atoms with Gasteiger partial charge in [-0.05, 0) is 18.6 Å². The molecule has 0 saturated heterocycles. The van der Waals surface area contributed by atoms with Crippen LogP contribution in [0.1, 0.15) is 77.6 Å². The lowest BCUT2D eigenvalue weighted by molar-refractivity contribution is 0.552. The Morgan fingerprint density at radius 2 is 1.14 bits per heavy atom. The molecule has 2 heteroatoms. The first kappa shape index (κ1) is 20.5. The van der Waals surface area contributed by atoms with E-state index in [1.54, 1.807) is 0 Å². The fraction of sp³-hybridized carbons (Fsp3) is 0.684. The van der Waals surface area contributed by atoms with Gasteiger partial charge in [0.25, 0.3) is 0 Å². The molecule has 0 atom stereocenters. The molecule has 0 spiro atoms. The Hall–Kier alpha value is -0.500. The van der Waals surface area contributed by atoms with E-state index in [1.807, 2.05) is 0 Å². The van der Waals surface area contributed by atoms with Gasteiger partial charge in [0.1, 0.15) is 0 Å². The predicted molar refractivity (Wildman–Crippen MR) is 102 cm³/mol. The van der Waals surface area contributed by atoms with Gasteiger partial charge in [0.2, 0.25) is 0 Å². The molecule has 0 aliphatic carbocycles. The molecule has 0 amide bonds. The summed E-state index contributed by atoms with van der Waals surface area (Å²) < 4.78 is 0. The minimum Gasteiger partial charge on any atom is -0.385 e. The van der Waals surface area contributed by atoms with Gasteiger partial charge in [-0.2, -0.15) is 0 Å². The summed E-state index contributed by atoms with van der Waals surface area (Å²) in [6.07, 6.45) is 15.5. The van der Waals surface area contributed by atoms with Crippen LogP contribution in [-0.2, 0) is 0 Å². The van der Waals surface area contributed by atoms with Crippen LogP contribution in [0.15, 0.2) is 30.3 Å². The number of anilines is 1. The van der Waals surface area contributed by atoms with Gasteiger partial charge in [-0.1, -0.05) is 89.3 Å². The van der Waals surface area contributed by atoms with Crippen LogP contribution in [0.4, 0.5) is 5.69 Å². The first-order valence-corrected chi connectivity index (χ1v) is 8.72. The summed E-state index contributed by atoms with van der Waals surface area (Å²) in [5.41, 5.74) is 1.25. The van der Waals surface area contributed by atoms with E-state index < -0.39 is 0 Å². The Morgan fingerprint density at radius 3 is 1.67 bits per heavy atom. The van der Waals surface area contributed by atoms with E-state index >= 15 is 0 Å². The Labute approximate surface area is 142 Å². The maximum atomic E-state index is 3.48. The molecule has 0 aromatic heterocycles. The molecule has 1 aromatic rings. The first-order chi connectivity index (χ1) is 9.93. The smallest absolute Gasteiger partial charge is 0.0340 e. The molecule has 0 unspecified atom stereocenters. The second-order valence-corrected chi connectivity index (χ2v) is 5.83. The number of rotatable bonds is 13. The molecule has 0 fully saturated rings. The number of hydrogen-bond donors (Lipinski definition) is 1. The molecule has 0 aliphatic rings. The fourth-order valence-electron chi connectivity index (χ4n) is 2.58. The number of halogens is 1. The number of hydrogen-bond acceptors (Lipinski definition) is 1. The first-order valence-electron chi connectivity index (χ1n) is 8.72. The van der Waals surface area contributed by atoms with Crippen LogP contribution in [0.25, 0.3) is 0 Å². The summed E-state index contributed by atoms with van der Waals surface area (Å²) >= 11 is 0. The van der Waals surface area contributed by atoms with Crippen molar-refractivity contribution in [3.8, 4) is 0 Å². The van der Waals surface area contributed by atoms with Crippen LogP contribution in [0, 0.1) is 0 Å². The SMILES string of the molecule is Br.CCCCCCCCCCCCCNc1ccccc1. The second-order valence-electron chi connectivity index (χ2n) is 5.83. The molecule has 1 N–H and O–H groups in total. The summed E-state index contributed by atoms with van der Waals surface area (Å²) in [7, 11) is 0. The molecule has 1 aromatic carbocycles. The van der Waals surface area contributed by atoms with E-state index in [1.165, 1.54) is 76.3 Å². The Balaban J connectivity index is 0.00000400. The molecule has 122 valence electrons. The average Bonchev–Trinajstić information content (AvgIpc) is 2.49. The second kappa shape index (κ2) is 15.9. The molecule has 0 radical (unpaired) electrons. The van der Waals surface area contributed by atoms with Crippen molar-refractivity contribution in [2.75, 3.05) is 11.9 Å². The van der Waals surface area contributed by atoms with Crippen molar-refractivity contribution in [1.82, 2.24) is 0 Å². The van der Waals surface area contributed by atoms with Crippen molar-refractivity contribution in [1.29, 1.82) is 0 Å². The summed E-state index contributed by atoms with van der Waals surface area (Å²) in [6.45, 7) is 3.40. The van der Waals surface area contributed by atoms with Crippen LogP contribution in [0.5, 0.6) is 0 Å². The maximum Gasteiger partial charge on any atom is 0.0340 e. The average molecular weight is 356 g/mol. The van der Waals surface area contributed by atoms with Crippen molar-refractivity contribution < 1.29 is 0 Å². The summed E-state index contributed by atoms with van der Waals surface area (Å²) in [5.74, 6) is 0. The van der Waals surface area contributed by atoms with E-state index in [0.717, 1.165) is 6.54 Å². The summed E-state index contributed by atoms with van der Waals surface area (Å²) in [4.78, 5) is 0. The van der Waals surface area contributed by atoms with Gasteiger partial charge in [-0.25, -0.2) is 0 Å². The molecular formula is C19H34BrN. The number of benzene rings is 1. The van der Waals surface area contributed by atoms with Gasteiger partial charge >= 0.3 is 0 Å². The lowest BCUT2D eigenvalue weighted by Crippen LogP contribution is -2.00. The van der Waals surface area contributed by atoms with Crippen molar-refractivity contribution in [3.05, 3.63) is 30.3 Å². The quantitative estimate of drug-likeness (QED) is 0.376. The monoisotopic (exact) mass is 355 g/mol. The highest BCUT2D eigenvalue weighted by Gasteiger charge is 1.93. The van der Waals surface area contributed by atoms with E-state index in [2.05, 4.69) is 42.6 Å². The van der Waals surface area contributed by atoms with Crippen molar-refractivity contribution in [2.24, 2.45) is 0 Å². The van der Waals surface area contributed by atoms with Crippen LogP contribution in [0.2, 0.25) is 0 Å². The zero-order chi connectivity index (χ0) is 14.3. The van der Waals surface area contributed by atoms with Gasteiger partial charge in [-0.3, -0.25) is 0 Å². The third-order valence-corrected chi connectivity index (χ3v) is 3.88. The normalized spacial score (nSPS) is 10.1. The van der Waals surface area contributed by atoms with Gasteiger partial charge in [0.05, 0.1) is 0 Å². The third-order valence-electron chi connectivity index (χ3n) is 3.88. The molecule has 21 heavy (non-hydrogen) atoms. The maximum absolute atomic E-state index is 3.48. The minimum atomic E-state index is 0. The number of nitrogens with one attached hydrogen (secondary N) is 1. The van der Waals surface area contributed by atoms with Gasteiger partial charge in [0.15, 0.2) is 0 Å². The minimum absolute atomic E-state index is 0. The topological polar surface area (TPSA) is 12.0 Å². The Morgan fingerprint density at radius 1 is 0.667 bits per heavy atom. The van der Waals surface area contributed by atoms with E-state index in [0.29, 0.717) is 0 Å². The van der Waals surface area contributed by atoms with E-state index in [9.17, 15) is 0 Å². The van der Waals surface area contributed by atoms with Crippen LogP contribution < -0.4 is 5.32 Å². The summed E-state index contributed by atoms with van der Waals surface area (Å²) in [6, 6.07) is 10.5. The summed E-state index contributed by atoms with van der Waals surface area (Å²) in [5, 5.41) is 3.48. The van der Waals surface area contributed by atoms with Gasteiger partial charge in [-0.15, -0.1) is 17.0 Å². The van der Waals surface area contributed by atoms with Crippen molar-refractivity contribution >= 4 is 22.7 Å². The highest BCUT2D eigenvalue weighted by Crippen LogP contribution is 2.11. The van der Waals surface area contributed by atoms with E-state index in [-0.39, 0.29) is 17.0 Å². The van der Waals surface area contributed by atoms with Crippen LogP contribution >= 0.6 is 17.0 Å². The fourth-order valence-corrected chi connectivity index (χ4v) is 2.58. The van der Waals surface area contributed by atoms with Crippen LogP contribution in [-0.4, -0.2) is 6.54 Å². The highest BCUT2D eigenvalue weighted by molar-refractivity contribution is 8.93. The molecule has 1 rings (SSSR count). The van der Waals surface area contributed by atoms with Gasteiger partial charge in [0, 0.05) is 12.2 Å². The molecule has 1 nitrogen and oxygen atoms in total. The lowest BCUT2D eigenvalue weighted by atomic mass is 10.1. The zero-order valence-corrected chi connectivity index (χ0v) is 15.5. The molecule has 0 aliphatic heterocycles.